The van der Waals surface area contributed by atoms with Crippen molar-refractivity contribution in [2.24, 2.45) is 0 Å². The molecule has 0 radical (unpaired) electrons. The molecule has 0 bridgehead atoms. The van der Waals surface area contributed by atoms with Crippen LogP contribution >= 0.6 is 0 Å². The van der Waals surface area contributed by atoms with Crippen LogP contribution in [-0.2, 0) is 4.79 Å². The van der Waals surface area contributed by atoms with Gasteiger partial charge in [0.05, 0.1) is 18.8 Å². The van der Waals surface area contributed by atoms with Crippen molar-refractivity contribution in [3.8, 4) is 0 Å². The second-order valence-corrected chi connectivity index (χ2v) is 20.0. The number of nitrogens with one attached hydrogen (secondary N) is 1. The highest BCUT2D eigenvalue weighted by Crippen LogP contribution is 2.18. The number of unbranched alkanes of at least 4 members (excludes halogenated alkanes) is 42. The van der Waals surface area contributed by atoms with Crippen molar-refractivity contribution < 1.29 is 25.2 Å². The molecule has 5 N–H and O–H groups in total. The number of amides is 1. The molecule has 6 heteroatoms. The Labute approximate surface area is 393 Å². The Morgan fingerprint density at radius 3 is 0.952 bits per heavy atom. The SMILES string of the molecule is CCCCCC/C=C/CCCC(O)C(O)C(CO)NC(=O)C(O)CCCCCCCCCCCCCCCCCCCCCCCCCCCCCCCCCCCCCCCC. The van der Waals surface area contributed by atoms with Gasteiger partial charge in [0.25, 0.3) is 0 Å². The summed E-state index contributed by atoms with van der Waals surface area (Å²) in [6.45, 7) is 4.02. The Morgan fingerprint density at radius 1 is 0.381 bits per heavy atom. The predicted octanol–water partition coefficient (Wildman–Crippen LogP) is 16.5. The van der Waals surface area contributed by atoms with Crippen LogP contribution in [0.2, 0.25) is 0 Å². The van der Waals surface area contributed by atoms with Crippen LogP contribution in [0.5, 0.6) is 0 Å². The van der Waals surface area contributed by atoms with Crippen molar-refractivity contribution in [3.05, 3.63) is 12.2 Å². The summed E-state index contributed by atoms with van der Waals surface area (Å²) in [4.78, 5) is 12.5. The van der Waals surface area contributed by atoms with E-state index in [1.54, 1.807) is 0 Å². The number of hydrogen-bond donors (Lipinski definition) is 5. The van der Waals surface area contributed by atoms with Gasteiger partial charge in [0.15, 0.2) is 0 Å². The molecule has 0 rings (SSSR count). The van der Waals surface area contributed by atoms with Gasteiger partial charge in [-0.2, -0.15) is 0 Å². The highest BCUT2D eigenvalue weighted by molar-refractivity contribution is 5.80. The quantitative estimate of drug-likeness (QED) is 0.0309. The first-order valence-corrected chi connectivity index (χ1v) is 28.6. The Kier molecular flexibility index (Phi) is 51.2. The highest BCUT2D eigenvalue weighted by atomic mass is 16.3. The van der Waals surface area contributed by atoms with Crippen LogP contribution < -0.4 is 5.32 Å². The van der Waals surface area contributed by atoms with Gasteiger partial charge >= 0.3 is 0 Å². The number of rotatable bonds is 53. The third kappa shape index (κ3) is 46.0. The lowest BCUT2D eigenvalue weighted by atomic mass is 10.00. The van der Waals surface area contributed by atoms with Gasteiger partial charge in [-0.1, -0.05) is 289 Å². The summed E-state index contributed by atoms with van der Waals surface area (Å²) in [5.41, 5.74) is 0. The van der Waals surface area contributed by atoms with Crippen molar-refractivity contribution in [2.45, 2.75) is 340 Å². The van der Waals surface area contributed by atoms with Crippen molar-refractivity contribution in [1.29, 1.82) is 0 Å². The summed E-state index contributed by atoms with van der Waals surface area (Å²) < 4.78 is 0. The van der Waals surface area contributed by atoms with E-state index in [0.717, 1.165) is 38.5 Å². The fourth-order valence-electron chi connectivity index (χ4n) is 9.23. The minimum absolute atomic E-state index is 0.368. The lowest BCUT2D eigenvalue weighted by Crippen LogP contribution is -2.53. The topological polar surface area (TPSA) is 110 Å². The number of aliphatic hydroxyl groups is 4. The second kappa shape index (κ2) is 52.0. The molecule has 0 aromatic carbocycles. The highest BCUT2D eigenvalue weighted by Gasteiger charge is 2.28. The second-order valence-electron chi connectivity index (χ2n) is 20.0. The molecule has 4 atom stereocenters. The lowest BCUT2D eigenvalue weighted by Gasteiger charge is -2.27. The van der Waals surface area contributed by atoms with Crippen LogP contribution in [-0.4, -0.2) is 57.3 Å². The Bertz CT molecular complexity index is 913. The van der Waals surface area contributed by atoms with Crippen molar-refractivity contribution >= 4 is 5.91 Å². The van der Waals surface area contributed by atoms with Gasteiger partial charge in [-0.25, -0.2) is 0 Å². The van der Waals surface area contributed by atoms with Crippen LogP contribution in [0.15, 0.2) is 12.2 Å². The molecule has 63 heavy (non-hydrogen) atoms. The van der Waals surface area contributed by atoms with E-state index in [9.17, 15) is 25.2 Å². The van der Waals surface area contributed by atoms with Gasteiger partial charge in [0.2, 0.25) is 5.91 Å². The van der Waals surface area contributed by atoms with Gasteiger partial charge in [-0.3, -0.25) is 4.79 Å². The van der Waals surface area contributed by atoms with E-state index in [1.807, 2.05) is 0 Å². The third-order valence-electron chi connectivity index (χ3n) is 13.7. The standard InChI is InChI=1S/C57H113NO5/c1-3-5-7-9-11-13-14-15-16-17-18-19-20-21-22-23-24-25-26-27-28-29-30-31-32-33-34-35-36-37-38-39-40-41-43-45-47-49-51-55(61)57(63)58-53(52-59)56(62)54(60)50-48-46-44-42-12-10-8-6-4-2/h42,44,53-56,59-62H,3-41,43,45-52H2,1-2H3,(H,58,63)/b44-42+. The van der Waals surface area contributed by atoms with Gasteiger partial charge in [-0.15, -0.1) is 0 Å². The zero-order valence-corrected chi connectivity index (χ0v) is 42.6. The number of aliphatic hydroxyl groups excluding tert-OH is 4. The fraction of sp³-hybridized carbons (Fsp3) is 0.947. The average molecular weight is 893 g/mol. The fourth-order valence-corrected chi connectivity index (χ4v) is 9.23. The Hall–Kier alpha value is -0.950. The maximum absolute atomic E-state index is 12.5. The van der Waals surface area contributed by atoms with Crippen LogP contribution in [0.25, 0.3) is 0 Å². The van der Waals surface area contributed by atoms with Crippen molar-refractivity contribution in [2.75, 3.05) is 6.61 Å². The maximum Gasteiger partial charge on any atom is 0.249 e. The normalized spacial score (nSPS) is 13.8. The summed E-state index contributed by atoms with van der Waals surface area (Å²) in [6.07, 6.45) is 62.0. The number of carbonyl (C=O) groups excluding carboxylic acids is 1. The summed E-state index contributed by atoms with van der Waals surface area (Å²) in [7, 11) is 0. The molecule has 0 saturated heterocycles. The molecular weight excluding hydrogens is 779 g/mol. The number of carbonyl (C=O) groups is 1. The van der Waals surface area contributed by atoms with Crippen LogP contribution in [0.4, 0.5) is 0 Å². The molecular formula is C57H113NO5. The minimum atomic E-state index is -1.28. The molecule has 0 aliphatic rings. The predicted molar refractivity (Wildman–Crippen MR) is 275 cm³/mol. The van der Waals surface area contributed by atoms with E-state index in [1.165, 1.54) is 250 Å². The molecule has 0 spiro atoms. The van der Waals surface area contributed by atoms with Crippen LogP contribution in [0.1, 0.15) is 316 Å². The molecule has 0 heterocycles. The van der Waals surface area contributed by atoms with Crippen LogP contribution in [0.3, 0.4) is 0 Å². The smallest absolute Gasteiger partial charge is 0.249 e. The molecule has 1 amide bonds. The van der Waals surface area contributed by atoms with Gasteiger partial charge in [0.1, 0.15) is 12.2 Å². The summed E-state index contributed by atoms with van der Waals surface area (Å²) in [5, 5.41) is 43.6. The summed E-state index contributed by atoms with van der Waals surface area (Å²) in [5.74, 6) is -0.590. The van der Waals surface area contributed by atoms with Gasteiger partial charge in [-0.05, 0) is 38.5 Å². The monoisotopic (exact) mass is 892 g/mol. The van der Waals surface area contributed by atoms with Gasteiger partial charge in [0, 0.05) is 0 Å². The zero-order chi connectivity index (χ0) is 45.9. The minimum Gasteiger partial charge on any atom is -0.394 e. The Morgan fingerprint density at radius 2 is 0.651 bits per heavy atom. The first-order valence-electron chi connectivity index (χ1n) is 28.6. The molecule has 0 aromatic rings. The largest absolute Gasteiger partial charge is 0.394 e. The first kappa shape index (κ1) is 62.1. The Balaban J connectivity index is 3.42. The molecule has 6 nitrogen and oxygen atoms in total. The van der Waals surface area contributed by atoms with E-state index < -0.39 is 36.9 Å². The summed E-state index contributed by atoms with van der Waals surface area (Å²) >= 11 is 0. The van der Waals surface area contributed by atoms with E-state index in [0.29, 0.717) is 12.8 Å². The number of hydrogen-bond acceptors (Lipinski definition) is 5. The first-order chi connectivity index (χ1) is 31.0. The summed E-state index contributed by atoms with van der Waals surface area (Å²) in [6, 6.07) is -0.996. The van der Waals surface area contributed by atoms with Crippen molar-refractivity contribution in [3.63, 3.8) is 0 Å². The maximum atomic E-state index is 12.5. The van der Waals surface area contributed by atoms with Gasteiger partial charge < -0.3 is 25.7 Å². The molecule has 0 aromatic heterocycles. The van der Waals surface area contributed by atoms with E-state index in [2.05, 4.69) is 31.3 Å². The van der Waals surface area contributed by atoms with E-state index >= 15 is 0 Å². The molecule has 376 valence electrons. The average Bonchev–Trinajstić information content (AvgIpc) is 3.29. The molecule has 0 aliphatic carbocycles. The van der Waals surface area contributed by atoms with Crippen LogP contribution in [0, 0.1) is 0 Å². The molecule has 0 fully saturated rings. The molecule has 0 aliphatic heterocycles. The van der Waals surface area contributed by atoms with Crippen molar-refractivity contribution in [1.82, 2.24) is 5.32 Å². The molecule has 4 unspecified atom stereocenters. The zero-order valence-electron chi connectivity index (χ0n) is 42.6. The third-order valence-corrected chi connectivity index (χ3v) is 13.7. The van der Waals surface area contributed by atoms with E-state index in [-0.39, 0.29) is 0 Å². The number of allylic oxidation sites excluding steroid dienone is 2. The lowest BCUT2D eigenvalue weighted by molar-refractivity contribution is -0.132. The molecule has 0 saturated carbocycles. The van der Waals surface area contributed by atoms with E-state index in [4.69, 9.17) is 0 Å².